The fourth-order valence-electron chi connectivity index (χ4n) is 2.16. The number of nitrogens with one attached hydrogen (secondary N) is 1. The van der Waals surface area contributed by atoms with Crippen LogP contribution in [-0.2, 0) is 4.79 Å². The normalized spacial score (nSPS) is 25.5. The van der Waals surface area contributed by atoms with Crippen molar-refractivity contribution in [2.24, 2.45) is 5.41 Å². The maximum atomic E-state index is 12.1. The van der Waals surface area contributed by atoms with Crippen LogP contribution < -0.4 is 5.32 Å². The summed E-state index contributed by atoms with van der Waals surface area (Å²) in [4.78, 5) is 14.1. The molecule has 1 rings (SSSR count). The number of amides is 1. The van der Waals surface area contributed by atoms with E-state index in [1.807, 2.05) is 11.9 Å². The summed E-state index contributed by atoms with van der Waals surface area (Å²) >= 11 is 0. The summed E-state index contributed by atoms with van der Waals surface area (Å²) < 4.78 is 0. The summed E-state index contributed by atoms with van der Waals surface area (Å²) in [5, 5.41) is 3.27. The van der Waals surface area contributed by atoms with Crippen molar-refractivity contribution in [2.45, 2.75) is 39.5 Å². The Morgan fingerprint density at radius 2 is 2.20 bits per heavy atom. The van der Waals surface area contributed by atoms with Crippen LogP contribution in [0.2, 0.25) is 0 Å². The molecule has 0 aliphatic carbocycles. The van der Waals surface area contributed by atoms with Crippen LogP contribution in [0.4, 0.5) is 0 Å². The van der Waals surface area contributed by atoms with E-state index in [0.717, 1.165) is 32.5 Å². The summed E-state index contributed by atoms with van der Waals surface area (Å²) in [6.45, 7) is 6.98. The van der Waals surface area contributed by atoms with E-state index in [1.54, 1.807) is 0 Å². The second-order valence-electron chi connectivity index (χ2n) is 4.92. The molecule has 0 bridgehead atoms. The first-order valence-corrected chi connectivity index (χ1v) is 6.06. The lowest BCUT2D eigenvalue weighted by Gasteiger charge is -2.28. The molecule has 1 unspecified atom stereocenters. The summed E-state index contributed by atoms with van der Waals surface area (Å²) in [6.07, 6.45) is 4.53. The predicted molar refractivity (Wildman–Crippen MR) is 62.8 cm³/mol. The lowest BCUT2D eigenvalue weighted by Crippen LogP contribution is -2.41. The smallest absolute Gasteiger partial charge is 0.229 e. The van der Waals surface area contributed by atoms with Crippen LogP contribution in [0, 0.1) is 5.41 Å². The third-order valence-electron chi connectivity index (χ3n) is 3.33. The van der Waals surface area contributed by atoms with Crippen molar-refractivity contribution in [3.05, 3.63) is 0 Å². The van der Waals surface area contributed by atoms with E-state index < -0.39 is 0 Å². The molecular formula is C12H24N2O. The Bertz CT molecular complexity index is 210. The largest absolute Gasteiger partial charge is 0.345 e. The second-order valence-corrected chi connectivity index (χ2v) is 4.92. The van der Waals surface area contributed by atoms with E-state index in [1.165, 1.54) is 12.8 Å². The summed E-state index contributed by atoms with van der Waals surface area (Å²) in [7, 11) is 1.93. The van der Waals surface area contributed by atoms with Crippen LogP contribution in [0.1, 0.15) is 39.5 Å². The number of hydrogen-bond acceptors (Lipinski definition) is 2. The van der Waals surface area contributed by atoms with Crippen LogP contribution in [-0.4, -0.2) is 37.5 Å². The molecule has 3 nitrogen and oxygen atoms in total. The molecular weight excluding hydrogens is 188 g/mol. The van der Waals surface area contributed by atoms with Gasteiger partial charge in [0, 0.05) is 20.1 Å². The first-order valence-electron chi connectivity index (χ1n) is 6.06. The quantitative estimate of drug-likeness (QED) is 0.703. The molecule has 1 heterocycles. The summed E-state index contributed by atoms with van der Waals surface area (Å²) in [6, 6.07) is 0. The van der Waals surface area contributed by atoms with Gasteiger partial charge < -0.3 is 10.2 Å². The molecule has 0 radical (unpaired) electrons. The van der Waals surface area contributed by atoms with E-state index in [9.17, 15) is 4.79 Å². The van der Waals surface area contributed by atoms with Crippen LogP contribution in [0.15, 0.2) is 0 Å². The molecule has 1 atom stereocenters. The van der Waals surface area contributed by atoms with E-state index in [-0.39, 0.29) is 5.41 Å². The van der Waals surface area contributed by atoms with Crippen LogP contribution >= 0.6 is 0 Å². The van der Waals surface area contributed by atoms with Crippen molar-refractivity contribution in [3.8, 4) is 0 Å². The molecule has 0 aromatic rings. The van der Waals surface area contributed by atoms with Gasteiger partial charge in [0.2, 0.25) is 5.91 Å². The molecule has 0 spiro atoms. The lowest BCUT2D eigenvalue weighted by atomic mass is 9.88. The molecule has 1 fully saturated rings. The fraction of sp³-hybridized carbons (Fsp3) is 0.917. The summed E-state index contributed by atoms with van der Waals surface area (Å²) in [5.41, 5.74) is -0.152. The Balaban J connectivity index is 2.38. The SMILES string of the molecule is CCCCCN(C)C(=O)C1(C)CCNC1. The number of carbonyl (C=O) groups is 1. The maximum Gasteiger partial charge on any atom is 0.229 e. The molecule has 1 aliphatic heterocycles. The topological polar surface area (TPSA) is 32.3 Å². The third kappa shape index (κ3) is 3.20. The zero-order valence-corrected chi connectivity index (χ0v) is 10.3. The number of unbranched alkanes of at least 4 members (excludes halogenated alkanes) is 2. The zero-order chi connectivity index (χ0) is 11.3. The highest BCUT2D eigenvalue weighted by Crippen LogP contribution is 2.26. The van der Waals surface area contributed by atoms with Crippen molar-refractivity contribution in [3.63, 3.8) is 0 Å². The molecule has 1 N–H and O–H groups in total. The average Bonchev–Trinajstić information content (AvgIpc) is 2.65. The number of nitrogens with zero attached hydrogens (tertiary/aromatic N) is 1. The van der Waals surface area contributed by atoms with Gasteiger partial charge in [-0.1, -0.05) is 19.8 Å². The minimum Gasteiger partial charge on any atom is -0.345 e. The van der Waals surface area contributed by atoms with Gasteiger partial charge in [0.15, 0.2) is 0 Å². The van der Waals surface area contributed by atoms with E-state index in [2.05, 4.69) is 19.2 Å². The summed E-state index contributed by atoms with van der Waals surface area (Å²) in [5.74, 6) is 0.309. The van der Waals surface area contributed by atoms with Gasteiger partial charge in [0.25, 0.3) is 0 Å². The first kappa shape index (κ1) is 12.5. The Kier molecular flexibility index (Phi) is 4.58. The Labute approximate surface area is 93.2 Å². The number of carbonyl (C=O) groups excluding carboxylic acids is 1. The highest BCUT2D eigenvalue weighted by atomic mass is 16.2. The van der Waals surface area contributed by atoms with Gasteiger partial charge >= 0.3 is 0 Å². The first-order chi connectivity index (χ1) is 7.10. The van der Waals surface area contributed by atoms with Crippen LogP contribution in [0.5, 0.6) is 0 Å². The monoisotopic (exact) mass is 212 g/mol. The van der Waals surface area contributed by atoms with Gasteiger partial charge in [-0.2, -0.15) is 0 Å². The molecule has 0 saturated carbocycles. The van der Waals surface area contributed by atoms with Crippen molar-refractivity contribution in [1.82, 2.24) is 10.2 Å². The molecule has 15 heavy (non-hydrogen) atoms. The highest BCUT2D eigenvalue weighted by Gasteiger charge is 2.37. The van der Waals surface area contributed by atoms with Gasteiger partial charge in [-0.25, -0.2) is 0 Å². The highest BCUT2D eigenvalue weighted by molar-refractivity contribution is 5.82. The minimum absolute atomic E-state index is 0.152. The van der Waals surface area contributed by atoms with Gasteiger partial charge in [0.1, 0.15) is 0 Å². The van der Waals surface area contributed by atoms with E-state index in [0.29, 0.717) is 5.91 Å². The predicted octanol–water partition coefficient (Wildman–Crippen LogP) is 1.63. The molecule has 1 amide bonds. The Hall–Kier alpha value is -0.570. The van der Waals surface area contributed by atoms with Crippen molar-refractivity contribution < 1.29 is 4.79 Å². The van der Waals surface area contributed by atoms with Crippen LogP contribution in [0.25, 0.3) is 0 Å². The van der Waals surface area contributed by atoms with Gasteiger partial charge in [0.05, 0.1) is 5.41 Å². The zero-order valence-electron chi connectivity index (χ0n) is 10.3. The molecule has 0 aromatic carbocycles. The van der Waals surface area contributed by atoms with Gasteiger partial charge in [-0.15, -0.1) is 0 Å². The van der Waals surface area contributed by atoms with E-state index >= 15 is 0 Å². The van der Waals surface area contributed by atoms with E-state index in [4.69, 9.17) is 0 Å². The maximum absolute atomic E-state index is 12.1. The van der Waals surface area contributed by atoms with Gasteiger partial charge in [-0.05, 0) is 26.3 Å². The molecule has 1 saturated heterocycles. The Morgan fingerprint density at radius 3 is 2.73 bits per heavy atom. The molecule has 1 aliphatic rings. The second kappa shape index (κ2) is 5.50. The van der Waals surface area contributed by atoms with Crippen molar-refractivity contribution >= 4 is 5.91 Å². The molecule has 3 heteroatoms. The number of hydrogen-bond donors (Lipinski definition) is 1. The van der Waals surface area contributed by atoms with Gasteiger partial charge in [-0.3, -0.25) is 4.79 Å². The molecule has 88 valence electrons. The minimum atomic E-state index is -0.152. The number of rotatable bonds is 5. The van der Waals surface area contributed by atoms with Crippen molar-refractivity contribution in [1.29, 1.82) is 0 Å². The molecule has 0 aromatic heterocycles. The van der Waals surface area contributed by atoms with Crippen molar-refractivity contribution in [2.75, 3.05) is 26.7 Å². The third-order valence-corrected chi connectivity index (χ3v) is 3.33. The Morgan fingerprint density at radius 1 is 1.47 bits per heavy atom. The standard InChI is InChI=1S/C12H24N2O/c1-4-5-6-9-14(3)11(15)12(2)7-8-13-10-12/h13H,4-10H2,1-3H3. The fourth-order valence-corrected chi connectivity index (χ4v) is 2.16. The average molecular weight is 212 g/mol. The van der Waals surface area contributed by atoms with Crippen LogP contribution in [0.3, 0.4) is 0 Å². The lowest BCUT2D eigenvalue weighted by molar-refractivity contribution is -0.138.